The van der Waals surface area contributed by atoms with Crippen molar-refractivity contribution < 1.29 is 9.84 Å². The summed E-state index contributed by atoms with van der Waals surface area (Å²) in [6, 6.07) is 7.28. The fourth-order valence-electron chi connectivity index (χ4n) is 1.44. The van der Waals surface area contributed by atoms with Gasteiger partial charge in [-0.05, 0) is 12.1 Å². The summed E-state index contributed by atoms with van der Waals surface area (Å²) in [6.07, 6.45) is 0. The first-order chi connectivity index (χ1) is 8.24. The Bertz CT molecular complexity index is 499. The number of methoxy groups -OCH3 is 1. The molecule has 0 aliphatic heterocycles. The third-order valence-corrected chi connectivity index (χ3v) is 3.32. The van der Waals surface area contributed by atoms with E-state index in [1.807, 2.05) is 29.6 Å². The van der Waals surface area contributed by atoms with E-state index in [1.165, 1.54) is 11.3 Å². The van der Waals surface area contributed by atoms with Crippen molar-refractivity contribution in [2.75, 3.05) is 13.7 Å². The summed E-state index contributed by atoms with van der Waals surface area (Å²) in [5.41, 5.74) is 7.42. The van der Waals surface area contributed by atoms with Crippen molar-refractivity contribution in [3.63, 3.8) is 0 Å². The van der Waals surface area contributed by atoms with Crippen molar-refractivity contribution in [3.8, 4) is 16.3 Å². The van der Waals surface area contributed by atoms with Crippen molar-refractivity contribution in [1.82, 2.24) is 4.98 Å². The first kappa shape index (κ1) is 12.0. The van der Waals surface area contributed by atoms with Crippen LogP contribution in [0, 0.1) is 0 Å². The normalized spacial score (nSPS) is 12.4. The molecule has 3 N–H and O–H groups in total. The minimum Gasteiger partial charge on any atom is -0.497 e. The number of aliphatic hydroxyl groups is 1. The number of aromatic nitrogens is 1. The maximum atomic E-state index is 8.97. The first-order valence-corrected chi connectivity index (χ1v) is 6.09. The molecule has 2 aromatic rings. The Morgan fingerprint density at radius 2 is 2.35 bits per heavy atom. The molecule has 1 aromatic heterocycles. The third kappa shape index (κ3) is 2.63. The summed E-state index contributed by atoms with van der Waals surface area (Å²) in [5, 5.41) is 11.7. The Hall–Kier alpha value is -1.43. The monoisotopic (exact) mass is 250 g/mol. The van der Waals surface area contributed by atoms with Crippen LogP contribution in [-0.2, 0) is 0 Å². The number of nitrogens with two attached hydrogens (primary N) is 1. The fourth-order valence-corrected chi connectivity index (χ4v) is 2.32. The molecule has 0 saturated heterocycles. The summed E-state index contributed by atoms with van der Waals surface area (Å²) in [4.78, 5) is 4.40. The van der Waals surface area contributed by atoms with E-state index in [0.717, 1.165) is 22.0 Å². The molecule has 0 aliphatic carbocycles. The molecule has 0 aliphatic rings. The van der Waals surface area contributed by atoms with Crippen molar-refractivity contribution in [3.05, 3.63) is 35.3 Å². The number of hydrogen-bond donors (Lipinski definition) is 2. The predicted octanol–water partition coefficient (Wildman–Crippen LogP) is 1.81. The highest BCUT2D eigenvalue weighted by atomic mass is 32.1. The van der Waals surface area contributed by atoms with Crippen molar-refractivity contribution in [2.45, 2.75) is 6.04 Å². The molecule has 0 amide bonds. The van der Waals surface area contributed by atoms with Gasteiger partial charge in [0.05, 0.1) is 25.5 Å². The van der Waals surface area contributed by atoms with E-state index in [1.54, 1.807) is 7.11 Å². The lowest BCUT2D eigenvalue weighted by Gasteiger charge is -2.03. The fraction of sp³-hybridized carbons (Fsp3) is 0.250. The van der Waals surface area contributed by atoms with Gasteiger partial charge in [0, 0.05) is 10.9 Å². The van der Waals surface area contributed by atoms with E-state index in [9.17, 15) is 0 Å². The molecule has 90 valence electrons. The summed E-state index contributed by atoms with van der Waals surface area (Å²) in [5.74, 6) is 0.797. The highest BCUT2D eigenvalue weighted by Gasteiger charge is 2.10. The summed E-state index contributed by atoms with van der Waals surface area (Å²) >= 11 is 1.51. The van der Waals surface area contributed by atoms with Crippen molar-refractivity contribution in [1.29, 1.82) is 0 Å². The van der Waals surface area contributed by atoms with E-state index in [2.05, 4.69) is 4.98 Å². The van der Waals surface area contributed by atoms with Gasteiger partial charge in [-0.15, -0.1) is 11.3 Å². The molecule has 4 nitrogen and oxygen atoms in total. The molecular weight excluding hydrogens is 236 g/mol. The quantitative estimate of drug-likeness (QED) is 0.868. The zero-order valence-corrected chi connectivity index (χ0v) is 10.3. The Kier molecular flexibility index (Phi) is 3.73. The van der Waals surface area contributed by atoms with E-state index in [-0.39, 0.29) is 6.61 Å². The van der Waals surface area contributed by atoms with Gasteiger partial charge in [0.15, 0.2) is 0 Å². The molecule has 0 radical (unpaired) electrons. The zero-order valence-electron chi connectivity index (χ0n) is 9.46. The molecule has 2 rings (SSSR count). The minimum atomic E-state index is -0.411. The minimum absolute atomic E-state index is 0.0959. The van der Waals surface area contributed by atoms with Crippen LogP contribution in [0.2, 0.25) is 0 Å². The van der Waals surface area contributed by atoms with Gasteiger partial charge in [-0.1, -0.05) is 12.1 Å². The molecule has 0 saturated carbocycles. The van der Waals surface area contributed by atoms with Crippen LogP contribution < -0.4 is 10.5 Å². The second kappa shape index (κ2) is 5.27. The predicted molar refractivity (Wildman–Crippen MR) is 68.1 cm³/mol. The zero-order chi connectivity index (χ0) is 12.3. The lowest BCUT2D eigenvalue weighted by atomic mass is 10.2. The van der Waals surface area contributed by atoms with Gasteiger partial charge in [0.1, 0.15) is 10.8 Å². The molecule has 17 heavy (non-hydrogen) atoms. The maximum absolute atomic E-state index is 8.97. The molecule has 1 heterocycles. The first-order valence-electron chi connectivity index (χ1n) is 5.21. The Labute approximate surface area is 104 Å². The van der Waals surface area contributed by atoms with Crippen molar-refractivity contribution >= 4 is 11.3 Å². The third-order valence-electron chi connectivity index (χ3n) is 2.42. The number of aliphatic hydroxyl groups excluding tert-OH is 1. The molecule has 1 unspecified atom stereocenters. The summed E-state index contributed by atoms with van der Waals surface area (Å²) in [6.45, 7) is -0.0959. The molecule has 0 spiro atoms. The van der Waals surface area contributed by atoms with Crippen molar-refractivity contribution in [2.24, 2.45) is 5.73 Å². The van der Waals surface area contributed by atoms with Gasteiger partial charge in [0.2, 0.25) is 0 Å². The number of benzene rings is 1. The largest absolute Gasteiger partial charge is 0.497 e. The number of hydrogen-bond acceptors (Lipinski definition) is 5. The summed E-state index contributed by atoms with van der Waals surface area (Å²) < 4.78 is 5.16. The maximum Gasteiger partial charge on any atom is 0.123 e. The summed E-state index contributed by atoms with van der Waals surface area (Å²) in [7, 11) is 1.63. The van der Waals surface area contributed by atoms with Gasteiger partial charge in [-0.25, -0.2) is 4.98 Å². The van der Waals surface area contributed by atoms with Gasteiger partial charge >= 0.3 is 0 Å². The van der Waals surface area contributed by atoms with Crippen LogP contribution in [-0.4, -0.2) is 23.8 Å². The second-order valence-electron chi connectivity index (χ2n) is 3.60. The smallest absolute Gasteiger partial charge is 0.123 e. The van der Waals surface area contributed by atoms with Gasteiger partial charge in [-0.2, -0.15) is 0 Å². The van der Waals surface area contributed by atoms with E-state index < -0.39 is 6.04 Å². The Morgan fingerprint density at radius 3 is 3.06 bits per heavy atom. The van der Waals surface area contributed by atoms with E-state index >= 15 is 0 Å². The highest BCUT2D eigenvalue weighted by Crippen LogP contribution is 2.28. The van der Waals surface area contributed by atoms with Crippen LogP contribution in [0.15, 0.2) is 29.6 Å². The van der Waals surface area contributed by atoms with Crippen LogP contribution in [0.25, 0.3) is 10.6 Å². The van der Waals surface area contributed by atoms with Crippen LogP contribution >= 0.6 is 11.3 Å². The lowest BCUT2D eigenvalue weighted by Crippen LogP contribution is -2.14. The van der Waals surface area contributed by atoms with Gasteiger partial charge in [-0.3, -0.25) is 0 Å². The molecule has 1 aromatic carbocycles. The van der Waals surface area contributed by atoms with Crippen LogP contribution in [0.3, 0.4) is 0 Å². The Balaban J connectivity index is 2.30. The van der Waals surface area contributed by atoms with Crippen LogP contribution in [0.1, 0.15) is 11.7 Å². The number of rotatable bonds is 4. The molecule has 0 fully saturated rings. The molecule has 5 heteroatoms. The molecule has 0 bridgehead atoms. The lowest BCUT2D eigenvalue weighted by molar-refractivity contribution is 0.266. The molecular formula is C12H14N2O2S. The Morgan fingerprint density at radius 1 is 1.53 bits per heavy atom. The number of thiazole rings is 1. The van der Waals surface area contributed by atoms with Crippen LogP contribution in [0.4, 0.5) is 0 Å². The highest BCUT2D eigenvalue weighted by molar-refractivity contribution is 7.13. The van der Waals surface area contributed by atoms with E-state index in [4.69, 9.17) is 15.6 Å². The standard InChI is InChI=1S/C12H14N2O2S/c1-16-9-4-2-3-8(5-9)12-14-11(7-17-12)10(13)6-15/h2-5,7,10,15H,6,13H2,1H3. The van der Waals surface area contributed by atoms with Gasteiger partial charge in [0.25, 0.3) is 0 Å². The number of nitrogens with zero attached hydrogens (tertiary/aromatic N) is 1. The van der Waals surface area contributed by atoms with Crippen LogP contribution in [0.5, 0.6) is 5.75 Å². The van der Waals surface area contributed by atoms with Gasteiger partial charge < -0.3 is 15.6 Å². The topological polar surface area (TPSA) is 68.4 Å². The average Bonchev–Trinajstić information content (AvgIpc) is 2.87. The number of ether oxygens (including phenoxy) is 1. The second-order valence-corrected chi connectivity index (χ2v) is 4.46. The van der Waals surface area contributed by atoms with E-state index in [0.29, 0.717) is 0 Å². The SMILES string of the molecule is COc1cccc(-c2nc(C(N)CO)cs2)c1. The average molecular weight is 250 g/mol. The molecule has 1 atom stereocenters.